The molecule has 12 aromatic rings. The summed E-state index contributed by atoms with van der Waals surface area (Å²) in [5, 5.41) is 12.5. The minimum absolute atomic E-state index is 0.579. The number of para-hydroxylation sites is 1. The molecular weight excluding hydrogens is 701 g/mol. The van der Waals surface area contributed by atoms with Crippen molar-refractivity contribution in [1.82, 2.24) is 0 Å². The average Bonchev–Trinajstić information content (AvgIpc) is 3.80. The van der Waals surface area contributed by atoms with Crippen LogP contribution in [0.25, 0.3) is 98.4 Å². The van der Waals surface area contributed by atoms with Gasteiger partial charge in [-0.25, -0.2) is 0 Å². The third-order valence-electron chi connectivity index (χ3n) is 13.0. The molecule has 0 saturated carbocycles. The summed E-state index contributed by atoms with van der Waals surface area (Å²) in [6.07, 6.45) is 0. The van der Waals surface area contributed by atoms with Gasteiger partial charge in [0.1, 0.15) is 11.2 Å². The van der Waals surface area contributed by atoms with Gasteiger partial charge in [0.15, 0.2) is 0 Å². The smallest absolute Gasteiger partial charge is 0.135 e. The van der Waals surface area contributed by atoms with E-state index in [-0.39, 0.29) is 0 Å². The molecule has 0 aliphatic heterocycles. The Hall–Kier alpha value is -7.48. The Bertz CT molecular complexity index is 3510. The summed E-state index contributed by atoms with van der Waals surface area (Å²) in [5.41, 5.74) is 13.7. The third kappa shape index (κ3) is 4.31. The molecule has 0 saturated heterocycles. The van der Waals surface area contributed by atoms with E-state index in [0.717, 1.165) is 21.9 Å². The van der Waals surface area contributed by atoms with E-state index in [9.17, 15) is 0 Å². The highest BCUT2D eigenvalue weighted by Crippen LogP contribution is 2.60. The van der Waals surface area contributed by atoms with E-state index >= 15 is 0 Å². The number of hydrogen-bond donors (Lipinski definition) is 0. The molecule has 1 aliphatic rings. The summed E-state index contributed by atoms with van der Waals surface area (Å²) in [7, 11) is 0. The first-order valence-electron chi connectivity index (χ1n) is 20.2. The number of benzene rings is 11. The zero-order chi connectivity index (χ0) is 38.0. The topological polar surface area (TPSA) is 13.1 Å². The third-order valence-corrected chi connectivity index (χ3v) is 13.0. The fourth-order valence-corrected chi connectivity index (χ4v) is 10.5. The zero-order valence-corrected chi connectivity index (χ0v) is 31.5. The summed E-state index contributed by atoms with van der Waals surface area (Å²) in [4.78, 5) is 0. The Kier molecular flexibility index (Phi) is 6.43. The van der Waals surface area contributed by atoms with Crippen LogP contribution in [0.3, 0.4) is 0 Å². The second-order valence-electron chi connectivity index (χ2n) is 16.0. The average molecular weight is 735 g/mol. The first-order valence-corrected chi connectivity index (χ1v) is 20.2. The fraction of sp³-hybridized carbons (Fsp3) is 0.0175. The van der Waals surface area contributed by atoms with Crippen molar-refractivity contribution in [2.24, 2.45) is 0 Å². The van der Waals surface area contributed by atoms with Crippen LogP contribution in [0.1, 0.15) is 22.3 Å². The highest BCUT2D eigenvalue weighted by molar-refractivity contribution is 6.24. The molecular formula is C57H34O. The molecule has 58 heavy (non-hydrogen) atoms. The quantitative estimate of drug-likeness (QED) is 0.164. The van der Waals surface area contributed by atoms with Crippen molar-refractivity contribution in [1.29, 1.82) is 0 Å². The molecule has 1 nitrogen and oxygen atoms in total. The molecule has 0 atom stereocenters. The maximum absolute atomic E-state index is 6.38. The van der Waals surface area contributed by atoms with Crippen LogP contribution in [0.4, 0.5) is 0 Å². The lowest BCUT2D eigenvalue weighted by Crippen LogP contribution is -2.28. The molecule has 11 aromatic carbocycles. The van der Waals surface area contributed by atoms with Crippen molar-refractivity contribution < 1.29 is 4.42 Å². The van der Waals surface area contributed by atoms with Crippen LogP contribution in [0, 0.1) is 0 Å². The van der Waals surface area contributed by atoms with Gasteiger partial charge in [0.05, 0.1) is 5.41 Å². The monoisotopic (exact) mass is 734 g/mol. The van der Waals surface area contributed by atoms with Gasteiger partial charge in [0.25, 0.3) is 0 Å². The molecule has 268 valence electrons. The van der Waals surface area contributed by atoms with Crippen LogP contribution in [0.2, 0.25) is 0 Å². The maximum atomic E-state index is 6.38. The molecule has 0 bridgehead atoms. The lowest BCUT2D eigenvalue weighted by Gasteiger charge is -2.34. The molecule has 1 heteroatoms. The summed E-state index contributed by atoms with van der Waals surface area (Å²) in [6, 6.07) is 76.8. The maximum Gasteiger partial charge on any atom is 0.135 e. The van der Waals surface area contributed by atoms with Crippen LogP contribution in [-0.2, 0) is 5.41 Å². The summed E-state index contributed by atoms with van der Waals surface area (Å²) in [5.74, 6) is 0. The predicted octanol–water partition coefficient (Wildman–Crippen LogP) is 15.3. The van der Waals surface area contributed by atoms with Crippen LogP contribution in [0.5, 0.6) is 0 Å². The largest absolute Gasteiger partial charge is 0.456 e. The van der Waals surface area contributed by atoms with E-state index < -0.39 is 5.41 Å². The molecule has 1 heterocycles. The van der Waals surface area contributed by atoms with Crippen LogP contribution < -0.4 is 0 Å². The summed E-state index contributed by atoms with van der Waals surface area (Å²) >= 11 is 0. The first-order chi connectivity index (χ1) is 28.7. The summed E-state index contributed by atoms with van der Waals surface area (Å²) < 4.78 is 6.38. The van der Waals surface area contributed by atoms with Gasteiger partial charge in [0.2, 0.25) is 0 Å². The van der Waals surface area contributed by atoms with Crippen molar-refractivity contribution in [3.63, 3.8) is 0 Å². The van der Waals surface area contributed by atoms with E-state index in [0.29, 0.717) is 0 Å². The molecule has 0 spiro atoms. The minimum atomic E-state index is -0.579. The Balaban J connectivity index is 1.19. The van der Waals surface area contributed by atoms with Crippen LogP contribution in [-0.4, -0.2) is 0 Å². The predicted molar refractivity (Wildman–Crippen MR) is 243 cm³/mol. The van der Waals surface area contributed by atoms with Crippen molar-refractivity contribution in [2.45, 2.75) is 5.41 Å². The first kappa shape index (κ1) is 31.7. The van der Waals surface area contributed by atoms with Gasteiger partial charge in [-0.3, -0.25) is 0 Å². The second-order valence-corrected chi connectivity index (χ2v) is 16.0. The van der Waals surface area contributed by atoms with Gasteiger partial charge in [-0.2, -0.15) is 0 Å². The van der Waals surface area contributed by atoms with Gasteiger partial charge in [0, 0.05) is 10.8 Å². The summed E-state index contributed by atoms with van der Waals surface area (Å²) in [6.45, 7) is 0. The van der Waals surface area contributed by atoms with Gasteiger partial charge in [-0.15, -0.1) is 0 Å². The fourth-order valence-electron chi connectivity index (χ4n) is 10.5. The van der Waals surface area contributed by atoms with E-state index in [4.69, 9.17) is 4.42 Å². The molecule has 1 aliphatic carbocycles. The Morgan fingerprint density at radius 1 is 0.310 bits per heavy atom. The zero-order valence-electron chi connectivity index (χ0n) is 31.5. The molecule has 0 amide bonds. The molecule has 1 aromatic heterocycles. The second kappa shape index (κ2) is 11.8. The number of fused-ring (bicyclic) bond motifs is 7. The van der Waals surface area contributed by atoms with E-state index in [1.165, 1.54) is 98.7 Å². The molecule has 0 unspecified atom stereocenters. The number of furan rings is 1. The standard InChI is InChI=1S/C57H34O/c1-3-16-44(17-4-1)57(45-18-5-2-6-19-45)50-33-38-13-8-7-12-37(38)30-49(50)56-47(39-26-27-53-48(31-39)46-20-9-10-21-52(46)58-53)32-43(34-51(56)57)42-28-40-24-22-35-14-11-15-36-23-25-41(29-42)55(40)54(35)36/h1-34H. The van der Waals surface area contributed by atoms with E-state index in [1.807, 2.05) is 6.07 Å². The number of hydrogen-bond acceptors (Lipinski definition) is 1. The van der Waals surface area contributed by atoms with Crippen molar-refractivity contribution in [3.05, 3.63) is 229 Å². The molecule has 0 radical (unpaired) electrons. The van der Waals surface area contributed by atoms with E-state index in [1.54, 1.807) is 0 Å². The van der Waals surface area contributed by atoms with Crippen LogP contribution in [0.15, 0.2) is 211 Å². The van der Waals surface area contributed by atoms with Gasteiger partial charge in [-0.05, 0) is 153 Å². The van der Waals surface area contributed by atoms with Crippen molar-refractivity contribution >= 4 is 65.0 Å². The highest BCUT2D eigenvalue weighted by Gasteiger charge is 2.47. The molecule has 0 fully saturated rings. The SMILES string of the molecule is c1ccc(C2(c3ccccc3)c3cc4ccccc4cc3-c3c(-c4ccc5oc6ccccc6c5c4)cc(-c4cc5ccc6cccc7ccc(c4)c5c67)cc32)cc1. The molecule has 13 rings (SSSR count). The van der Waals surface area contributed by atoms with Crippen molar-refractivity contribution in [2.75, 3.05) is 0 Å². The van der Waals surface area contributed by atoms with Gasteiger partial charge >= 0.3 is 0 Å². The van der Waals surface area contributed by atoms with Gasteiger partial charge < -0.3 is 4.42 Å². The lowest BCUT2D eigenvalue weighted by molar-refractivity contribution is 0.669. The normalized spacial score (nSPS) is 13.3. The Labute approximate surface area is 335 Å². The Morgan fingerprint density at radius 2 is 0.879 bits per heavy atom. The minimum Gasteiger partial charge on any atom is -0.456 e. The van der Waals surface area contributed by atoms with Crippen LogP contribution >= 0.6 is 0 Å². The Morgan fingerprint density at radius 3 is 1.60 bits per heavy atom. The molecule has 0 N–H and O–H groups in total. The van der Waals surface area contributed by atoms with Gasteiger partial charge in [-0.1, -0.05) is 152 Å². The van der Waals surface area contributed by atoms with Crippen molar-refractivity contribution in [3.8, 4) is 33.4 Å². The number of rotatable bonds is 4. The lowest BCUT2D eigenvalue weighted by atomic mass is 9.67. The highest BCUT2D eigenvalue weighted by atomic mass is 16.3. The van der Waals surface area contributed by atoms with E-state index in [2.05, 4.69) is 200 Å².